The zero-order valence-corrected chi connectivity index (χ0v) is 10.5. The van der Waals surface area contributed by atoms with Crippen LogP contribution in [0.25, 0.3) is 0 Å². The highest BCUT2D eigenvalue weighted by atomic mass is 32.2. The minimum Gasteiger partial charge on any atom is -0.130 e. The van der Waals surface area contributed by atoms with Gasteiger partial charge in [-0.25, -0.2) is 0 Å². The van der Waals surface area contributed by atoms with Crippen molar-refractivity contribution in [3.05, 3.63) is 65.7 Å². The Morgan fingerprint density at radius 2 is 1.38 bits per heavy atom. The van der Waals surface area contributed by atoms with Crippen LogP contribution in [0.5, 0.6) is 0 Å². The normalized spacial score (nSPS) is 12.4. The van der Waals surface area contributed by atoms with Crippen LogP contribution in [-0.2, 0) is 0 Å². The molecule has 0 spiro atoms. The molecule has 1 heteroatoms. The van der Waals surface area contributed by atoms with E-state index in [0.717, 1.165) is 0 Å². The van der Waals surface area contributed by atoms with Gasteiger partial charge in [0.05, 0.1) is 0 Å². The SMILES string of the molecule is CSc1ccc(C(C)c2ccccc2)cc1. The second-order valence-corrected chi connectivity index (χ2v) is 4.79. The van der Waals surface area contributed by atoms with Gasteiger partial charge in [-0.15, -0.1) is 11.8 Å². The van der Waals surface area contributed by atoms with Gasteiger partial charge in [0.2, 0.25) is 0 Å². The Morgan fingerprint density at radius 3 is 1.94 bits per heavy atom. The molecule has 2 aromatic carbocycles. The molecule has 82 valence electrons. The van der Waals surface area contributed by atoms with Crippen LogP contribution in [0.4, 0.5) is 0 Å². The van der Waals surface area contributed by atoms with Crippen LogP contribution in [0.15, 0.2) is 59.5 Å². The molecule has 0 aliphatic rings. The molecule has 0 aliphatic heterocycles. The van der Waals surface area contributed by atoms with Crippen molar-refractivity contribution >= 4 is 11.8 Å². The molecule has 2 rings (SSSR count). The van der Waals surface area contributed by atoms with Crippen molar-refractivity contribution in [1.29, 1.82) is 0 Å². The summed E-state index contributed by atoms with van der Waals surface area (Å²) in [7, 11) is 0. The van der Waals surface area contributed by atoms with Gasteiger partial charge in [-0.2, -0.15) is 0 Å². The lowest BCUT2D eigenvalue weighted by atomic mass is 9.93. The van der Waals surface area contributed by atoms with Gasteiger partial charge < -0.3 is 0 Å². The van der Waals surface area contributed by atoms with Crippen molar-refractivity contribution in [3.63, 3.8) is 0 Å². The quantitative estimate of drug-likeness (QED) is 0.694. The highest BCUT2D eigenvalue weighted by Crippen LogP contribution is 2.25. The van der Waals surface area contributed by atoms with Gasteiger partial charge in [-0.1, -0.05) is 49.4 Å². The molecule has 16 heavy (non-hydrogen) atoms. The smallest absolute Gasteiger partial charge is 0.00693 e. The minimum atomic E-state index is 0.470. The van der Waals surface area contributed by atoms with Crippen LogP contribution < -0.4 is 0 Å². The van der Waals surface area contributed by atoms with Gasteiger partial charge in [0.25, 0.3) is 0 Å². The van der Waals surface area contributed by atoms with Crippen LogP contribution in [-0.4, -0.2) is 6.26 Å². The van der Waals surface area contributed by atoms with Gasteiger partial charge in [0.15, 0.2) is 0 Å². The average Bonchev–Trinajstić information content (AvgIpc) is 2.39. The van der Waals surface area contributed by atoms with Crippen LogP contribution in [0.2, 0.25) is 0 Å². The van der Waals surface area contributed by atoms with E-state index < -0.39 is 0 Å². The first-order chi connectivity index (χ1) is 7.81. The molecule has 0 radical (unpaired) electrons. The summed E-state index contributed by atoms with van der Waals surface area (Å²) in [5, 5.41) is 0. The summed E-state index contributed by atoms with van der Waals surface area (Å²) in [6, 6.07) is 19.5. The number of hydrogen-bond acceptors (Lipinski definition) is 1. The lowest BCUT2D eigenvalue weighted by Crippen LogP contribution is -1.95. The van der Waals surface area contributed by atoms with Gasteiger partial charge in [0, 0.05) is 10.8 Å². The Balaban J connectivity index is 2.24. The van der Waals surface area contributed by atoms with E-state index in [-0.39, 0.29) is 0 Å². The van der Waals surface area contributed by atoms with Gasteiger partial charge >= 0.3 is 0 Å². The molecule has 0 fully saturated rings. The highest BCUT2D eigenvalue weighted by Gasteiger charge is 2.07. The number of rotatable bonds is 3. The van der Waals surface area contributed by atoms with Crippen LogP contribution in [0.3, 0.4) is 0 Å². The summed E-state index contributed by atoms with van der Waals surface area (Å²) in [5.74, 6) is 0.470. The van der Waals surface area contributed by atoms with Crippen molar-refractivity contribution in [2.75, 3.05) is 6.26 Å². The van der Waals surface area contributed by atoms with Crippen molar-refractivity contribution in [1.82, 2.24) is 0 Å². The van der Waals surface area contributed by atoms with Crippen LogP contribution >= 0.6 is 11.8 Å². The largest absolute Gasteiger partial charge is 0.130 e. The van der Waals surface area contributed by atoms with Gasteiger partial charge in [-0.05, 0) is 29.5 Å². The third kappa shape index (κ3) is 2.48. The van der Waals surface area contributed by atoms with Crippen molar-refractivity contribution in [2.24, 2.45) is 0 Å². The van der Waals surface area contributed by atoms with Crippen molar-refractivity contribution in [3.8, 4) is 0 Å². The minimum absolute atomic E-state index is 0.470. The standard InChI is InChI=1S/C15H16S/c1-12(13-6-4-3-5-7-13)14-8-10-15(16-2)11-9-14/h3-12H,1-2H3. The highest BCUT2D eigenvalue weighted by molar-refractivity contribution is 7.98. The molecule has 2 aromatic rings. The van der Waals surface area contributed by atoms with Crippen molar-refractivity contribution in [2.45, 2.75) is 17.7 Å². The maximum Gasteiger partial charge on any atom is 0.00693 e. The third-order valence-electron chi connectivity index (χ3n) is 2.92. The predicted molar refractivity (Wildman–Crippen MR) is 72.2 cm³/mol. The topological polar surface area (TPSA) is 0 Å². The second-order valence-electron chi connectivity index (χ2n) is 3.91. The zero-order valence-electron chi connectivity index (χ0n) is 9.68. The molecule has 0 nitrogen and oxygen atoms in total. The molecule has 0 aliphatic carbocycles. The molecule has 0 N–H and O–H groups in total. The lowest BCUT2D eigenvalue weighted by molar-refractivity contribution is 0.920. The summed E-state index contributed by atoms with van der Waals surface area (Å²) in [5.41, 5.74) is 2.75. The average molecular weight is 228 g/mol. The molecular formula is C15H16S. The van der Waals surface area contributed by atoms with Crippen LogP contribution in [0.1, 0.15) is 24.0 Å². The van der Waals surface area contributed by atoms with Crippen LogP contribution in [0, 0.1) is 0 Å². The van der Waals surface area contributed by atoms with E-state index in [4.69, 9.17) is 0 Å². The summed E-state index contributed by atoms with van der Waals surface area (Å²) in [4.78, 5) is 1.32. The monoisotopic (exact) mass is 228 g/mol. The zero-order chi connectivity index (χ0) is 11.4. The van der Waals surface area contributed by atoms with E-state index in [1.54, 1.807) is 11.8 Å². The summed E-state index contributed by atoms with van der Waals surface area (Å²) < 4.78 is 0. The molecular weight excluding hydrogens is 212 g/mol. The Kier molecular flexibility index (Phi) is 3.68. The van der Waals surface area contributed by atoms with E-state index in [1.165, 1.54) is 16.0 Å². The third-order valence-corrected chi connectivity index (χ3v) is 3.66. The Morgan fingerprint density at radius 1 is 0.812 bits per heavy atom. The van der Waals surface area contributed by atoms with E-state index in [1.807, 2.05) is 0 Å². The lowest BCUT2D eigenvalue weighted by Gasteiger charge is -2.12. The molecule has 0 saturated heterocycles. The summed E-state index contributed by atoms with van der Waals surface area (Å²) in [6.45, 7) is 2.25. The molecule has 0 amide bonds. The van der Waals surface area contributed by atoms with Gasteiger partial charge in [0.1, 0.15) is 0 Å². The molecule has 0 saturated carbocycles. The van der Waals surface area contributed by atoms with E-state index in [2.05, 4.69) is 67.8 Å². The van der Waals surface area contributed by atoms with E-state index in [0.29, 0.717) is 5.92 Å². The maximum atomic E-state index is 2.25. The molecule has 1 atom stereocenters. The molecule has 0 aromatic heterocycles. The number of hydrogen-bond donors (Lipinski definition) is 0. The Labute approximate surface area is 102 Å². The fourth-order valence-corrected chi connectivity index (χ4v) is 2.23. The fraction of sp³-hybridized carbons (Fsp3) is 0.200. The van der Waals surface area contributed by atoms with E-state index in [9.17, 15) is 0 Å². The van der Waals surface area contributed by atoms with Crippen molar-refractivity contribution < 1.29 is 0 Å². The molecule has 1 unspecified atom stereocenters. The summed E-state index contributed by atoms with van der Waals surface area (Å²) >= 11 is 1.79. The van der Waals surface area contributed by atoms with E-state index >= 15 is 0 Å². The Hall–Kier alpha value is -1.21. The number of benzene rings is 2. The maximum absolute atomic E-state index is 2.25. The Bertz CT molecular complexity index is 431. The molecule has 0 heterocycles. The summed E-state index contributed by atoms with van der Waals surface area (Å²) in [6.07, 6.45) is 2.11. The van der Waals surface area contributed by atoms with Gasteiger partial charge in [-0.3, -0.25) is 0 Å². The first-order valence-corrected chi connectivity index (χ1v) is 6.72. The first-order valence-electron chi connectivity index (χ1n) is 5.50. The molecule has 0 bridgehead atoms. The predicted octanol–water partition coefficient (Wildman–Crippen LogP) is 4.56. The first kappa shape index (κ1) is 11.3. The number of thioether (sulfide) groups is 1. The second kappa shape index (κ2) is 5.22. The fourth-order valence-electron chi connectivity index (χ4n) is 1.83.